The predicted octanol–water partition coefficient (Wildman–Crippen LogP) is 2.93. The van der Waals surface area contributed by atoms with Gasteiger partial charge < -0.3 is 19.4 Å². The maximum Gasteiger partial charge on any atom is 0.246 e. The van der Waals surface area contributed by atoms with Crippen molar-refractivity contribution in [3.05, 3.63) is 59.9 Å². The number of aromatic nitrogens is 2. The topological polar surface area (TPSA) is 67.5 Å². The maximum absolute atomic E-state index is 12.3. The molecule has 0 saturated carbocycles. The van der Waals surface area contributed by atoms with Crippen LogP contribution < -0.4 is 9.47 Å². The second kappa shape index (κ2) is 5.91. The number of amides is 1. The Balaban J connectivity index is 1.22. The summed E-state index contributed by atoms with van der Waals surface area (Å²) in [4.78, 5) is 22.1. The van der Waals surface area contributed by atoms with Crippen LogP contribution >= 0.6 is 0 Å². The highest BCUT2D eigenvalue weighted by molar-refractivity contribution is 5.92. The van der Waals surface area contributed by atoms with Gasteiger partial charge in [0.05, 0.1) is 17.0 Å². The van der Waals surface area contributed by atoms with Crippen molar-refractivity contribution in [2.24, 2.45) is 0 Å². The molecule has 2 aromatic carbocycles. The standard InChI is InChI=1S/C20H17N3O3/c24-19(8-6-13-5-7-17-18(9-13)26-12-25-17)23-10-14(11-23)20-21-15-3-1-2-4-16(15)22-20/h1-9,14H,10-12H2,(H,21,22)/b8-6+. The largest absolute Gasteiger partial charge is 0.454 e. The van der Waals surface area contributed by atoms with Gasteiger partial charge in [0.2, 0.25) is 12.7 Å². The third-order valence-corrected chi connectivity index (χ3v) is 4.80. The van der Waals surface area contributed by atoms with Crippen LogP contribution in [0.25, 0.3) is 17.1 Å². The SMILES string of the molecule is O=C(/C=C/c1ccc2c(c1)OCO2)N1CC(c2nc3ccccc3[nH]2)C1. The van der Waals surface area contributed by atoms with Crippen molar-refractivity contribution in [3.8, 4) is 11.5 Å². The molecule has 0 spiro atoms. The van der Waals surface area contributed by atoms with Crippen molar-refractivity contribution >= 4 is 23.0 Å². The van der Waals surface area contributed by atoms with Crippen molar-refractivity contribution < 1.29 is 14.3 Å². The van der Waals surface area contributed by atoms with Crippen molar-refractivity contribution in [1.29, 1.82) is 0 Å². The van der Waals surface area contributed by atoms with E-state index in [1.807, 2.05) is 47.4 Å². The van der Waals surface area contributed by atoms with Crippen LogP contribution in [0, 0.1) is 0 Å². The molecule has 1 aromatic heterocycles. The summed E-state index contributed by atoms with van der Waals surface area (Å²) >= 11 is 0. The Hall–Kier alpha value is -3.28. The van der Waals surface area contributed by atoms with Gasteiger partial charge in [-0.3, -0.25) is 4.79 Å². The number of rotatable bonds is 3. The molecular weight excluding hydrogens is 330 g/mol. The molecule has 5 rings (SSSR count). The van der Waals surface area contributed by atoms with Crippen LogP contribution in [0.1, 0.15) is 17.3 Å². The number of hydrogen-bond acceptors (Lipinski definition) is 4. The second-order valence-electron chi connectivity index (χ2n) is 6.53. The second-order valence-corrected chi connectivity index (χ2v) is 6.53. The zero-order valence-corrected chi connectivity index (χ0v) is 14.0. The normalized spacial score (nSPS) is 16.4. The van der Waals surface area contributed by atoms with E-state index >= 15 is 0 Å². The summed E-state index contributed by atoms with van der Waals surface area (Å²) in [5.41, 5.74) is 2.92. The number of para-hydroxylation sites is 2. The number of hydrogen-bond donors (Lipinski definition) is 1. The molecule has 1 saturated heterocycles. The van der Waals surface area contributed by atoms with E-state index in [1.54, 1.807) is 12.2 Å². The third kappa shape index (κ3) is 2.60. The zero-order chi connectivity index (χ0) is 17.5. The molecule has 6 nitrogen and oxygen atoms in total. The summed E-state index contributed by atoms with van der Waals surface area (Å²) < 4.78 is 10.6. The number of carbonyl (C=O) groups is 1. The van der Waals surface area contributed by atoms with Crippen LogP contribution in [0.2, 0.25) is 0 Å². The number of benzene rings is 2. The van der Waals surface area contributed by atoms with Gasteiger partial charge in [-0.15, -0.1) is 0 Å². The first-order valence-corrected chi connectivity index (χ1v) is 8.57. The predicted molar refractivity (Wildman–Crippen MR) is 97.0 cm³/mol. The number of ether oxygens (including phenoxy) is 2. The van der Waals surface area contributed by atoms with Crippen LogP contribution in [-0.2, 0) is 4.79 Å². The number of aromatic amines is 1. The molecule has 1 N–H and O–H groups in total. The summed E-state index contributed by atoms with van der Waals surface area (Å²) in [6.45, 7) is 1.62. The van der Waals surface area contributed by atoms with Crippen molar-refractivity contribution in [2.45, 2.75) is 5.92 Å². The van der Waals surface area contributed by atoms with Crippen LogP contribution in [0.15, 0.2) is 48.5 Å². The molecule has 130 valence electrons. The maximum atomic E-state index is 12.3. The van der Waals surface area contributed by atoms with Gasteiger partial charge in [0.15, 0.2) is 11.5 Å². The van der Waals surface area contributed by atoms with Gasteiger partial charge in [-0.05, 0) is 35.9 Å². The fraction of sp³-hybridized carbons (Fsp3) is 0.200. The van der Waals surface area contributed by atoms with Gasteiger partial charge in [0.1, 0.15) is 5.82 Å². The molecule has 1 amide bonds. The Kier molecular flexibility index (Phi) is 3.41. The first-order chi connectivity index (χ1) is 12.8. The van der Waals surface area contributed by atoms with E-state index in [4.69, 9.17) is 9.47 Å². The van der Waals surface area contributed by atoms with E-state index in [0.29, 0.717) is 18.8 Å². The molecule has 0 radical (unpaired) electrons. The molecule has 0 bridgehead atoms. The number of nitrogens with zero attached hydrogens (tertiary/aromatic N) is 2. The molecule has 3 heterocycles. The number of H-pyrrole nitrogens is 1. The number of imidazole rings is 1. The fourth-order valence-corrected chi connectivity index (χ4v) is 3.29. The van der Waals surface area contributed by atoms with E-state index in [9.17, 15) is 4.79 Å². The number of nitrogens with one attached hydrogen (secondary N) is 1. The van der Waals surface area contributed by atoms with Gasteiger partial charge in [0, 0.05) is 19.2 Å². The quantitative estimate of drug-likeness (QED) is 0.740. The highest BCUT2D eigenvalue weighted by Gasteiger charge is 2.32. The van der Waals surface area contributed by atoms with E-state index in [-0.39, 0.29) is 18.6 Å². The van der Waals surface area contributed by atoms with Crippen LogP contribution in [0.4, 0.5) is 0 Å². The number of carbonyl (C=O) groups excluding carboxylic acids is 1. The van der Waals surface area contributed by atoms with Crippen molar-refractivity contribution in [1.82, 2.24) is 14.9 Å². The fourth-order valence-electron chi connectivity index (χ4n) is 3.29. The number of fused-ring (bicyclic) bond motifs is 2. The summed E-state index contributed by atoms with van der Waals surface area (Å²) in [6.07, 6.45) is 3.41. The van der Waals surface area contributed by atoms with Crippen LogP contribution in [-0.4, -0.2) is 40.7 Å². The Morgan fingerprint density at radius 3 is 2.88 bits per heavy atom. The molecule has 0 unspecified atom stereocenters. The van der Waals surface area contributed by atoms with E-state index in [2.05, 4.69) is 9.97 Å². The molecule has 0 atom stereocenters. The monoisotopic (exact) mass is 347 g/mol. The summed E-state index contributed by atoms with van der Waals surface area (Å²) in [5, 5.41) is 0. The zero-order valence-electron chi connectivity index (χ0n) is 14.0. The summed E-state index contributed by atoms with van der Waals surface area (Å²) in [5.74, 6) is 2.69. The number of likely N-dealkylation sites (tertiary alicyclic amines) is 1. The average Bonchev–Trinajstić information content (AvgIpc) is 3.24. The molecule has 2 aliphatic rings. The summed E-state index contributed by atoms with van der Waals surface area (Å²) in [6, 6.07) is 13.6. The molecule has 3 aromatic rings. The summed E-state index contributed by atoms with van der Waals surface area (Å²) in [7, 11) is 0. The van der Waals surface area contributed by atoms with E-state index in [1.165, 1.54) is 0 Å². The third-order valence-electron chi connectivity index (χ3n) is 4.80. The highest BCUT2D eigenvalue weighted by atomic mass is 16.7. The first-order valence-electron chi connectivity index (χ1n) is 8.57. The van der Waals surface area contributed by atoms with Gasteiger partial charge in [0.25, 0.3) is 0 Å². The van der Waals surface area contributed by atoms with Crippen LogP contribution in [0.3, 0.4) is 0 Å². The molecule has 6 heteroatoms. The van der Waals surface area contributed by atoms with E-state index in [0.717, 1.165) is 28.2 Å². The Bertz CT molecular complexity index is 985. The molecule has 26 heavy (non-hydrogen) atoms. The Morgan fingerprint density at radius 1 is 1.15 bits per heavy atom. The molecule has 0 aliphatic carbocycles. The van der Waals surface area contributed by atoms with Crippen molar-refractivity contribution in [2.75, 3.05) is 19.9 Å². The lowest BCUT2D eigenvalue weighted by Gasteiger charge is -2.37. The lowest BCUT2D eigenvalue weighted by atomic mass is 9.99. The minimum Gasteiger partial charge on any atom is -0.454 e. The smallest absolute Gasteiger partial charge is 0.246 e. The molecular formula is C20H17N3O3. The highest BCUT2D eigenvalue weighted by Crippen LogP contribution is 2.33. The minimum absolute atomic E-state index is 0.00929. The average molecular weight is 347 g/mol. The lowest BCUT2D eigenvalue weighted by Crippen LogP contribution is -2.48. The van der Waals surface area contributed by atoms with Crippen LogP contribution in [0.5, 0.6) is 11.5 Å². The first kappa shape index (κ1) is 15.0. The minimum atomic E-state index is 0.00929. The van der Waals surface area contributed by atoms with Gasteiger partial charge in [-0.25, -0.2) is 4.98 Å². The lowest BCUT2D eigenvalue weighted by molar-refractivity contribution is -0.130. The Labute approximate surface area is 150 Å². The van der Waals surface area contributed by atoms with E-state index < -0.39 is 0 Å². The van der Waals surface area contributed by atoms with Gasteiger partial charge in [-0.1, -0.05) is 18.2 Å². The molecule has 1 fully saturated rings. The van der Waals surface area contributed by atoms with Crippen molar-refractivity contribution in [3.63, 3.8) is 0 Å². The van der Waals surface area contributed by atoms with Gasteiger partial charge >= 0.3 is 0 Å². The van der Waals surface area contributed by atoms with Gasteiger partial charge in [-0.2, -0.15) is 0 Å². The Morgan fingerprint density at radius 2 is 2.00 bits per heavy atom. The molecule has 2 aliphatic heterocycles.